The fourth-order valence-corrected chi connectivity index (χ4v) is 2.99. The number of hydrogen-bond acceptors (Lipinski definition) is 5. The van der Waals surface area contributed by atoms with Crippen molar-refractivity contribution in [1.82, 2.24) is 20.5 Å². The fraction of sp³-hybridized carbons (Fsp3) is 0.300. The molecule has 1 aromatic carbocycles. The van der Waals surface area contributed by atoms with Gasteiger partial charge >= 0.3 is 5.97 Å². The lowest BCUT2D eigenvalue weighted by Crippen LogP contribution is -2.30. The monoisotopic (exact) mass is 352 g/mol. The Morgan fingerprint density at radius 3 is 2.88 bits per heavy atom. The van der Waals surface area contributed by atoms with Gasteiger partial charge in [-0.1, -0.05) is 31.2 Å². The van der Waals surface area contributed by atoms with Crippen LogP contribution in [0.2, 0.25) is 0 Å². The Labute approximate surface area is 153 Å². The second kappa shape index (κ2) is 8.49. The van der Waals surface area contributed by atoms with E-state index in [0.29, 0.717) is 12.4 Å². The molecule has 0 bridgehead atoms. The molecule has 136 valence electrons. The first-order valence-corrected chi connectivity index (χ1v) is 8.84. The summed E-state index contributed by atoms with van der Waals surface area (Å²) in [6.45, 7) is 5.47. The molecule has 6 nitrogen and oxygen atoms in total. The number of nitrogens with zero attached hydrogens (tertiary/aromatic N) is 2. The average Bonchev–Trinajstić information content (AvgIpc) is 3.14. The smallest absolute Gasteiger partial charge is 0.335 e. The number of benzene rings is 1. The first-order chi connectivity index (χ1) is 12.7. The van der Waals surface area contributed by atoms with E-state index in [9.17, 15) is 4.79 Å². The number of aryl methyl sites for hydroxylation is 1. The molecule has 2 heterocycles. The van der Waals surface area contributed by atoms with Crippen molar-refractivity contribution < 1.29 is 9.90 Å². The predicted molar refractivity (Wildman–Crippen MR) is 101 cm³/mol. The number of rotatable bonds is 8. The Hall–Kier alpha value is -2.86. The zero-order valence-electron chi connectivity index (χ0n) is 14.9. The molecule has 0 unspecified atom stereocenters. The van der Waals surface area contributed by atoms with Gasteiger partial charge in [0.15, 0.2) is 0 Å². The second-order valence-electron chi connectivity index (χ2n) is 6.22. The topological polar surface area (TPSA) is 77.5 Å². The van der Waals surface area contributed by atoms with Crippen molar-refractivity contribution in [2.45, 2.75) is 19.9 Å². The molecule has 0 aliphatic carbocycles. The number of aromatic nitrogens is 1. The molecule has 0 saturated carbocycles. The highest BCUT2D eigenvalue weighted by molar-refractivity contribution is 5.88. The summed E-state index contributed by atoms with van der Waals surface area (Å²) in [6.07, 6.45) is 4.56. The summed E-state index contributed by atoms with van der Waals surface area (Å²) in [5.74, 6) is -0.944. The zero-order chi connectivity index (χ0) is 18.4. The van der Waals surface area contributed by atoms with Gasteiger partial charge in [0.2, 0.25) is 0 Å². The van der Waals surface area contributed by atoms with Crippen LogP contribution in [0.15, 0.2) is 48.8 Å². The lowest BCUT2D eigenvalue weighted by atomic mass is 10.1. The number of hydrogen-bond donors (Lipinski definition) is 3. The minimum absolute atomic E-state index is 0.243. The van der Waals surface area contributed by atoms with Crippen LogP contribution in [-0.2, 0) is 13.0 Å². The molecule has 0 amide bonds. The second-order valence-corrected chi connectivity index (χ2v) is 6.22. The van der Waals surface area contributed by atoms with Crippen molar-refractivity contribution >= 4 is 11.7 Å². The molecule has 0 spiro atoms. The zero-order valence-corrected chi connectivity index (χ0v) is 14.9. The Morgan fingerprint density at radius 2 is 2.12 bits per heavy atom. The maximum absolute atomic E-state index is 11.1. The van der Waals surface area contributed by atoms with Gasteiger partial charge in [-0.15, -0.1) is 0 Å². The van der Waals surface area contributed by atoms with E-state index in [1.807, 2.05) is 6.20 Å². The molecular formula is C20H24N4O2. The molecule has 0 saturated heterocycles. The third kappa shape index (κ3) is 4.40. The molecule has 1 aliphatic heterocycles. The van der Waals surface area contributed by atoms with Crippen molar-refractivity contribution in [3.63, 3.8) is 0 Å². The highest BCUT2D eigenvalue weighted by atomic mass is 16.4. The van der Waals surface area contributed by atoms with Gasteiger partial charge in [-0.2, -0.15) is 0 Å². The molecule has 0 atom stereocenters. The lowest BCUT2D eigenvalue weighted by molar-refractivity contribution is 0.0696. The highest BCUT2D eigenvalue weighted by Gasteiger charge is 2.15. The van der Waals surface area contributed by atoms with Crippen LogP contribution in [0.1, 0.15) is 34.1 Å². The summed E-state index contributed by atoms with van der Waals surface area (Å²) in [5.41, 5.74) is 4.48. The molecule has 3 N–H and O–H groups in total. The maximum Gasteiger partial charge on any atom is 0.335 e. The van der Waals surface area contributed by atoms with E-state index in [4.69, 9.17) is 5.11 Å². The molecule has 26 heavy (non-hydrogen) atoms. The first kappa shape index (κ1) is 17.9. The number of carbonyl (C=O) groups is 1. The quantitative estimate of drug-likeness (QED) is 0.633. The molecule has 1 aromatic heterocycles. The Balaban J connectivity index is 1.51. The third-order valence-electron chi connectivity index (χ3n) is 4.46. The van der Waals surface area contributed by atoms with E-state index in [2.05, 4.69) is 51.7 Å². The van der Waals surface area contributed by atoms with Crippen molar-refractivity contribution in [1.29, 1.82) is 0 Å². The Morgan fingerprint density at radius 1 is 1.31 bits per heavy atom. The van der Waals surface area contributed by atoms with Crippen LogP contribution in [0.5, 0.6) is 0 Å². The standard InChI is InChI=1S/C20H24N4O2/c1-2-15-5-3-4-6-17(15)12-21-9-10-24-13-19(23-14-24)18-11-16(20(25)26)7-8-22-18/h3-8,11,13,21,23H,2,9-10,12,14H2,1H3,(H,25,26). The summed E-state index contributed by atoms with van der Waals surface area (Å²) < 4.78 is 0. The van der Waals surface area contributed by atoms with Gasteiger partial charge in [-0.25, -0.2) is 4.79 Å². The van der Waals surface area contributed by atoms with Crippen molar-refractivity contribution in [2.75, 3.05) is 19.8 Å². The van der Waals surface area contributed by atoms with E-state index in [1.165, 1.54) is 23.4 Å². The van der Waals surface area contributed by atoms with Gasteiger partial charge in [-0.3, -0.25) is 4.98 Å². The summed E-state index contributed by atoms with van der Waals surface area (Å²) >= 11 is 0. The maximum atomic E-state index is 11.1. The van der Waals surface area contributed by atoms with Crippen molar-refractivity contribution in [3.05, 3.63) is 71.2 Å². The Bertz CT molecular complexity index is 804. The molecular weight excluding hydrogens is 328 g/mol. The van der Waals surface area contributed by atoms with Crippen molar-refractivity contribution in [2.24, 2.45) is 0 Å². The normalized spacial score (nSPS) is 13.4. The molecule has 6 heteroatoms. The van der Waals surface area contributed by atoms with Crippen LogP contribution in [-0.4, -0.2) is 40.7 Å². The Kier molecular flexibility index (Phi) is 5.86. The van der Waals surface area contributed by atoms with E-state index in [-0.39, 0.29) is 5.56 Å². The van der Waals surface area contributed by atoms with E-state index in [0.717, 1.165) is 31.8 Å². The average molecular weight is 352 g/mol. The lowest BCUT2D eigenvalue weighted by Gasteiger charge is -2.15. The summed E-state index contributed by atoms with van der Waals surface area (Å²) in [6, 6.07) is 11.6. The number of aromatic carboxylic acids is 1. The number of carboxylic acids is 1. The third-order valence-corrected chi connectivity index (χ3v) is 4.46. The molecule has 0 radical (unpaired) electrons. The first-order valence-electron chi connectivity index (χ1n) is 8.84. The van der Waals surface area contributed by atoms with Gasteiger partial charge in [0.05, 0.1) is 23.6 Å². The van der Waals surface area contributed by atoms with Gasteiger partial charge in [0.25, 0.3) is 0 Å². The van der Waals surface area contributed by atoms with E-state index < -0.39 is 5.97 Å². The number of carboxylic acid groups (broad SMARTS) is 1. The van der Waals surface area contributed by atoms with Gasteiger partial charge in [0, 0.05) is 32.0 Å². The van der Waals surface area contributed by atoms with Crippen LogP contribution in [0.3, 0.4) is 0 Å². The summed E-state index contributed by atoms with van der Waals surface area (Å²) in [4.78, 5) is 17.5. The van der Waals surface area contributed by atoms with Gasteiger partial charge in [-0.05, 0) is 29.7 Å². The number of pyridine rings is 1. The summed E-state index contributed by atoms with van der Waals surface area (Å²) in [5, 5.41) is 15.9. The molecule has 3 rings (SSSR count). The fourth-order valence-electron chi connectivity index (χ4n) is 2.99. The van der Waals surface area contributed by atoms with Crippen LogP contribution in [0.25, 0.3) is 5.70 Å². The molecule has 1 aliphatic rings. The van der Waals surface area contributed by atoms with E-state index in [1.54, 1.807) is 6.07 Å². The van der Waals surface area contributed by atoms with Crippen LogP contribution in [0, 0.1) is 0 Å². The van der Waals surface area contributed by atoms with Crippen LogP contribution in [0.4, 0.5) is 0 Å². The SMILES string of the molecule is CCc1ccccc1CNCCN1C=C(c2cc(C(=O)O)ccn2)NC1. The van der Waals surface area contributed by atoms with Gasteiger partial charge in [0.1, 0.15) is 0 Å². The van der Waals surface area contributed by atoms with E-state index >= 15 is 0 Å². The molecule has 0 fully saturated rings. The summed E-state index contributed by atoms with van der Waals surface area (Å²) in [7, 11) is 0. The minimum Gasteiger partial charge on any atom is -0.478 e. The highest BCUT2D eigenvalue weighted by Crippen LogP contribution is 2.16. The molecule has 2 aromatic rings. The largest absolute Gasteiger partial charge is 0.478 e. The van der Waals surface area contributed by atoms with Crippen LogP contribution < -0.4 is 10.6 Å². The van der Waals surface area contributed by atoms with Gasteiger partial charge < -0.3 is 20.6 Å². The van der Waals surface area contributed by atoms with Crippen molar-refractivity contribution in [3.8, 4) is 0 Å². The van der Waals surface area contributed by atoms with Crippen LogP contribution >= 0.6 is 0 Å². The predicted octanol–water partition coefficient (Wildman–Crippen LogP) is 2.29. The number of nitrogens with one attached hydrogen (secondary N) is 2. The minimum atomic E-state index is -0.944.